The van der Waals surface area contributed by atoms with Crippen LogP contribution in [0, 0.1) is 11.7 Å². The van der Waals surface area contributed by atoms with Gasteiger partial charge in [-0.05, 0) is 31.4 Å². The zero-order chi connectivity index (χ0) is 12.0. The van der Waals surface area contributed by atoms with Crippen LogP contribution < -0.4 is 5.32 Å². The lowest BCUT2D eigenvalue weighted by Crippen LogP contribution is -2.17. The van der Waals surface area contributed by atoms with Gasteiger partial charge in [-0.25, -0.2) is 9.37 Å². The summed E-state index contributed by atoms with van der Waals surface area (Å²) in [5.41, 5.74) is 0. The van der Waals surface area contributed by atoms with Gasteiger partial charge in [0.1, 0.15) is 0 Å². The van der Waals surface area contributed by atoms with Gasteiger partial charge >= 0.3 is 0 Å². The zero-order valence-corrected chi connectivity index (χ0v) is 10.3. The smallest absolute Gasteiger partial charge is 0.165 e. The maximum Gasteiger partial charge on any atom is 0.165 e. The first-order valence-electron chi connectivity index (χ1n) is 5.96. The lowest BCUT2D eigenvalue weighted by molar-refractivity contribution is 0.518. The van der Waals surface area contributed by atoms with Gasteiger partial charge < -0.3 is 5.32 Å². The number of nitrogens with zero attached hydrogens (tertiary/aromatic N) is 1. The second-order valence-electron chi connectivity index (χ2n) is 4.70. The Kier molecular flexibility index (Phi) is 5.23. The fraction of sp³-hybridized carbons (Fsp3) is 0.615. The Morgan fingerprint density at radius 2 is 2.06 bits per heavy atom. The van der Waals surface area contributed by atoms with Crippen LogP contribution >= 0.6 is 0 Å². The van der Waals surface area contributed by atoms with Crippen LogP contribution in [0.15, 0.2) is 18.3 Å². The Balaban J connectivity index is 2.34. The van der Waals surface area contributed by atoms with E-state index in [1.54, 1.807) is 12.3 Å². The van der Waals surface area contributed by atoms with Crippen molar-refractivity contribution in [3.8, 4) is 0 Å². The molecule has 0 bridgehead atoms. The van der Waals surface area contributed by atoms with Gasteiger partial charge in [-0.1, -0.05) is 26.7 Å². The summed E-state index contributed by atoms with van der Waals surface area (Å²) >= 11 is 0. The SMILES string of the molecule is CC(C)CCCC(C)Nc1ncccc1F. The number of pyridine rings is 1. The second kappa shape index (κ2) is 6.46. The number of hydrogen-bond acceptors (Lipinski definition) is 2. The van der Waals surface area contributed by atoms with Gasteiger partial charge in [0, 0.05) is 12.2 Å². The summed E-state index contributed by atoms with van der Waals surface area (Å²) in [5.74, 6) is 0.816. The van der Waals surface area contributed by atoms with Gasteiger partial charge in [-0.15, -0.1) is 0 Å². The summed E-state index contributed by atoms with van der Waals surface area (Å²) in [7, 11) is 0. The first kappa shape index (κ1) is 12.9. The van der Waals surface area contributed by atoms with Crippen molar-refractivity contribution in [1.82, 2.24) is 4.98 Å². The molecule has 0 spiro atoms. The third-order valence-corrected chi connectivity index (χ3v) is 2.56. The lowest BCUT2D eigenvalue weighted by Gasteiger charge is -2.15. The topological polar surface area (TPSA) is 24.9 Å². The molecular formula is C13H21FN2. The van der Waals surface area contributed by atoms with Crippen LogP contribution in [0.1, 0.15) is 40.0 Å². The minimum absolute atomic E-state index is 0.267. The molecule has 1 unspecified atom stereocenters. The first-order chi connectivity index (χ1) is 7.59. The standard InChI is InChI=1S/C13H21FN2/c1-10(2)6-4-7-11(3)16-13-12(14)8-5-9-15-13/h5,8-11H,4,6-7H2,1-3H3,(H,15,16). The largest absolute Gasteiger partial charge is 0.365 e. The predicted octanol–water partition coefficient (Wildman–Crippen LogP) is 3.85. The molecule has 0 radical (unpaired) electrons. The Labute approximate surface area is 97.3 Å². The normalized spacial score (nSPS) is 12.8. The van der Waals surface area contributed by atoms with Crippen molar-refractivity contribution in [3.63, 3.8) is 0 Å². The Bertz CT molecular complexity index is 313. The molecule has 1 N–H and O–H groups in total. The summed E-state index contributed by atoms with van der Waals surface area (Å²) in [4.78, 5) is 3.98. The fourth-order valence-electron chi connectivity index (χ4n) is 1.63. The van der Waals surface area contributed by atoms with Gasteiger partial charge in [0.2, 0.25) is 0 Å². The first-order valence-corrected chi connectivity index (χ1v) is 5.96. The van der Waals surface area contributed by atoms with Crippen LogP contribution in [0.2, 0.25) is 0 Å². The van der Waals surface area contributed by atoms with Crippen molar-refractivity contribution in [2.75, 3.05) is 5.32 Å². The van der Waals surface area contributed by atoms with Crippen LogP contribution in [0.25, 0.3) is 0 Å². The quantitative estimate of drug-likeness (QED) is 0.794. The molecule has 0 aliphatic carbocycles. The molecule has 0 amide bonds. The summed E-state index contributed by atoms with van der Waals surface area (Å²) in [5, 5.41) is 3.10. The van der Waals surface area contributed by atoms with Gasteiger partial charge in [-0.2, -0.15) is 0 Å². The molecule has 16 heavy (non-hydrogen) atoms. The maximum absolute atomic E-state index is 13.3. The maximum atomic E-state index is 13.3. The van der Waals surface area contributed by atoms with Crippen molar-refractivity contribution < 1.29 is 4.39 Å². The highest BCUT2D eigenvalue weighted by Crippen LogP contribution is 2.14. The highest BCUT2D eigenvalue weighted by molar-refractivity contribution is 5.36. The van der Waals surface area contributed by atoms with Crippen molar-refractivity contribution in [2.45, 2.75) is 46.1 Å². The van der Waals surface area contributed by atoms with Crippen LogP contribution in [-0.2, 0) is 0 Å². The molecule has 0 aliphatic rings. The summed E-state index contributed by atoms with van der Waals surface area (Å²) in [6.07, 6.45) is 5.04. The molecule has 1 rings (SSSR count). The number of rotatable bonds is 6. The number of halogens is 1. The van der Waals surface area contributed by atoms with E-state index < -0.39 is 0 Å². The third kappa shape index (κ3) is 4.60. The van der Waals surface area contributed by atoms with E-state index in [-0.39, 0.29) is 11.9 Å². The van der Waals surface area contributed by atoms with E-state index in [4.69, 9.17) is 0 Å². The van der Waals surface area contributed by atoms with Crippen molar-refractivity contribution in [1.29, 1.82) is 0 Å². The minimum Gasteiger partial charge on any atom is -0.365 e. The van der Waals surface area contributed by atoms with Crippen LogP contribution in [0.5, 0.6) is 0 Å². The van der Waals surface area contributed by atoms with Crippen LogP contribution in [0.4, 0.5) is 10.2 Å². The molecule has 2 nitrogen and oxygen atoms in total. The van der Waals surface area contributed by atoms with E-state index in [1.807, 2.05) is 0 Å². The molecular weight excluding hydrogens is 203 g/mol. The monoisotopic (exact) mass is 224 g/mol. The number of hydrogen-bond donors (Lipinski definition) is 1. The van der Waals surface area contributed by atoms with Gasteiger partial charge in [0.05, 0.1) is 0 Å². The van der Waals surface area contributed by atoms with E-state index in [1.165, 1.54) is 18.9 Å². The fourth-order valence-corrected chi connectivity index (χ4v) is 1.63. The molecule has 1 aromatic rings. The molecule has 90 valence electrons. The van der Waals surface area contributed by atoms with Crippen LogP contribution in [-0.4, -0.2) is 11.0 Å². The average molecular weight is 224 g/mol. The summed E-state index contributed by atoms with van der Waals surface area (Å²) < 4.78 is 13.3. The number of aromatic nitrogens is 1. The van der Waals surface area contributed by atoms with Crippen molar-refractivity contribution >= 4 is 5.82 Å². The minimum atomic E-state index is -0.279. The predicted molar refractivity (Wildman–Crippen MR) is 66.0 cm³/mol. The van der Waals surface area contributed by atoms with E-state index in [0.29, 0.717) is 5.82 Å². The zero-order valence-electron chi connectivity index (χ0n) is 10.3. The van der Waals surface area contributed by atoms with Crippen LogP contribution in [0.3, 0.4) is 0 Å². The summed E-state index contributed by atoms with van der Waals surface area (Å²) in [6, 6.07) is 3.29. The summed E-state index contributed by atoms with van der Waals surface area (Å²) in [6.45, 7) is 6.50. The third-order valence-electron chi connectivity index (χ3n) is 2.56. The molecule has 0 saturated heterocycles. The Morgan fingerprint density at radius 1 is 1.31 bits per heavy atom. The molecule has 1 aromatic heterocycles. The number of anilines is 1. The molecule has 0 aromatic carbocycles. The van der Waals surface area contributed by atoms with Gasteiger partial charge in [-0.3, -0.25) is 0 Å². The van der Waals surface area contributed by atoms with E-state index in [2.05, 4.69) is 31.1 Å². The molecule has 0 aliphatic heterocycles. The van der Waals surface area contributed by atoms with Crippen molar-refractivity contribution in [2.24, 2.45) is 5.92 Å². The van der Waals surface area contributed by atoms with Gasteiger partial charge in [0.25, 0.3) is 0 Å². The lowest BCUT2D eigenvalue weighted by atomic mass is 10.0. The average Bonchev–Trinajstić information content (AvgIpc) is 2.21. The second-order valence-corrected chi connectivity index (χ2v) is 4.70. The molecule has 0 saturated carbocycles. The Morgan fingerprint density at radius 3 is 2.69 bits per heavy atom. The number of nitrogens with one attached hydrogen (secondary N) is 1. The molecule has 0 fully saturated rings. The molecule has 1 atom stereocenters. The molecule has 1 heterocycles. The highest BCUT2D eigenvalue weighted by atomic mass is 19.1. The molecule has 3 heteroatoms. The Hall–Kier alpha value is -1.12. The van der Waals surface area contributed by atoms with E-state index in [0.717, 1.165) is 12.3 Å². The van der Waals surface area contributed by atoms with E-state index >= 15 is 0 Å². The van der Waals surface area contributed by atoms with Crippen molar-refractivity contribution in [3.05, 3.63) is 24.1 Å². The van der Waals surface area contributed by atoms with E-state index in [9.17, 15) is 4.39 Å². The van der Waals surface area contributed by atoms with Gasteiger partial charge in [0.15, 0.2) is 11.6 Å². The highest BCUT2D eigenvalue weighted by Gasteiger charge is 2.07.